The van der Waals surface area contributed by atoms with Crippen LogP contribution in [0.15, 0.2) is 66.9 Å². The summed E-state index contributed by atoms with van der Waals surface area (Å²) in [4.78, 5) is 0. The summed E-state index contributed by atoms with van der Waals surface area (Å²) >= 11 is 0. The standard InChI is InChI=1S/C20H17N3O2/c24-19-8-6-14(11-20(19)25)10-18-13-23(22-21-18)12-15-5-7-16-3-1-2-4-17(16)9-15/h1-9,11,13,24-25H,10,12H2. The molecular weight excluding hydrogens is 314 g/mol. The fourth-order valence-electron chi connectivity index (χ4n) is 2.91. The van der Waals surface area contributed by atoms with Gasteiger partial charge in [-0.25, -0.2) is 4.68 Å². The Kier molecular flexibility index (Phi) is 3.82. The van der Waals surface area contributed by atoms with E-state index in [2.05, 4.69) is 40.6 Å². The van der Waals surface area contributed by atoms with E-state index in [1.807, 2.05) is 18.3 Å². The monoisotopic (exact) mass is 331 g/mol. The predicted molar refractivity (Wildman–Crippen MR) is 95.6 cm³/mol. The van der Waals surface area contributed by atoms with E-state index in [1.54, 1.807) is 10.7 Å². The summed E-state index contributed by atoms with van der Waals surface area (Å²) in [5.41, 5.74) is 2.84. The van der Waals surface area contributed by atoms with E-state index < -0.39 is 0 Å². The highest BCUT2D eigenvalue weighted by atomic mass is 16.3. The van der Waals surface area contributed by atoms with E-state index in [1.165, 1.54) is 22.9 Å². The summed E-state index contributed by atoms with van der Waals surface area (Å²) in [6, 6.07) is 19.4. The lowest BCUT2D eigenvalue weighted by Crippen LogP contribution is -2.00. The Morgan fingerprint density at radius 1 is 0.800 bits per heavy atom. The van der Waals surface area contributed by atoms with Gasteiger partial charge in [-0.1, -0.05) is 47.7 Å². The van der Waals surface area contributed by atoms with Crippen molar-refractivity contribution in [1.82, 2.24) is 15.0 Å². The van der Waals surface area contributed by atoms with Gasteiger partial charge >= 0.3 is 0 Å². The van der Waals surface area contributed by atoms with Gasteiger partial charge in [-0.15, -0.1) is 5.10 Å². The zero-order chi connectivity index (χ0) is 17.2. The molecule has 0 bridgehead atoms. The molecule has 0 amide bonds. The summed E-state index contributed by atoms with van der Waals surface area (Å²) in [5, 5.41) is 29.7. The van der Waals surface area contributed by atoms with Gasteiger partial charge in [0.2, 0.25) is 0 Å². The number of rotatable bonds is 4. The fraction of sp³-hybridized carbons (Fsp3) is 0.100. The molecule has 5 nitrogen and oxygen atoms in total. The Labute approximate surface area is 144 Å². The van der Waals surface area contributed by atoms with Crippen LogP contribution in [0.1, 0.15) is 16.8 Å². The molecule has 0 aliphatic rings. The van der Waals surface area contributed by atoms with Crippen LogP contribution in [-0.2, 0) is 13.0 Å². The minimum absolute atomic E-state index is 0.122. The van der Waals surface area contributed by atoms with E-state index in [-0.39, 0.29) is 11.5 Å². The van der Waals surface area contributed by atoms with Crippen LogP contribution in [0.4, 0.5) is 0 Å². The molecule has 0 atom stereocenters. The first-order chi connectivity index (χ1) is 12.2. The van der Waals surface area contributed by atoms with Gasteiger partial charge in [0, 0.05) is 12.6 Å². The molecule has 4 rings (SSSR count). The van der Waals surface area contributed by atoms with Crippen LogP contribution in [0, 0.1) is 0 Å². The van der Waals surface area contributed by atoms with Gasteiger partial charge < -0.3 is 10.2 Å². The van der Waals surface area contributed by atoms with Crippen molar-refractivity contribution in [2.24, 2.45) is 0 Å². The molecule has 4 aromatic rings. The maximum atomic E-state index is 9.57. The van der Waals surface area contributed by atoms with Crippen molar-refractivity contribution in [3.63, 3.8) is 0 Å². The Balaban J connectivity index is 1.51. The van der Waals surface area contributed by atoms with Crippen molar-refractivity contribution in [1.29, 1.82) is 0 Å². The molecule has 2 N–H and O–H groups in total. The second kappa shape index (κ2) is 6.28. The molecule has 0 radical (unpaired) electrons. The highest BCUT2D eigenvalue weighted by Crippen LogP contribution is 2.25. The summed E-state index contributed by atoms with van der Waals surface area (Å²) in [5.74, 6) is -0.246. The number of hydrogen-bond acceptors (Lipinski definition) is 4. The van der Waals surface area contributed by atoms with Gasteiger partial charge in [-0.3, -0.25) is 0 Å². The van der Waals surface area contributed by atoms with E-state index in [4.69, 9.17) is 0 Å². The third-order valence-electron chi connectivity index (χ3n) is 4.17. The van der Waals surface area contributed by atoms with Crippen LogP contribution in [0.3, 0.4) is 0 Å². The summed E-state index contributed by atoms with van der Waals surface area (Å²) < 4.78 is 1.81. The minimum atomic E-state index is -0.124. The second-order valence-corrected chi connectivity index (χ2v) is 6.09. The van der Waals surface area contributed by atoms with Gasteiger partial charge in [0.1, 0.15) is 0 Å². The van der Waals surface area contributed by atoms with E-state index in [9.17, 15) is 10.2 Å². The topological polar surface area (TPSA) is 71.2 Å². The Hall–Kier alpha value is -3.34. The molecular formula is C20H17N3O2. The number of benzene rings is 3. The first-order valence-electron chi connectivity index (χ1n) is 8.05. The molecule has 0 saturated heterocycles. The summed E-state index contributed by atoms with van der Waals surface area (Å²) in [6.07, 6.45) is 2.45. The van der Waals surface area contributed by atoms with Gasteiger partial charge in [0.15, 0.2) is 11.5 Å². The first-order valence-corrected chi connectivity index (χ1v) is 8.05. The Morgan fingerprint density at radius 2 is 1.60 bits per heavy atom. The van der Waals surface area contributed by atoms with E-state index in [0.29, 0.717) is 13.0 Å². The van der Waals surface area contributed by atoms with Crippen molar-refractivity contribution < 1.29 is 10.2 Å². The van der Waals surface area contributed by atoms with Crippen molar-refractivity contribution in [2.45, 2.75) is 13.0 Å². The molecule has 5 heteroatoms. The number of hydrogen-bond donors (Lipinski definition) is 2. The fourth-order valence-corrected chi connectivity index (χ4v) is 2.91. The number of nitrogens with zero attached hydrogens (tertiary/aromatic N) is 3. The highest BCUT2D eigenvalue weighted by Gasteiger charge is 2.06. The van der Waals surface area contributed by atoms with Crippen LogP contribution in [-0.4, -0.2) is 25.2 Å². The lowest BCUT2D eigenvalue weighted by atomic mass is 10.1. The quantitative estimate of drug-likeness (QED) is 0.562. The Bertz CT molecular complexity index is 1040. The molecule has 25 heavy (non-hydrogen) atoms. The van der Waals surface area contributed by atoms with Crippen molar-refractivity contribution in [3.8, 4) is 11.5 Å². The molecule has 124 valence electrons. The van der Waals surface area contributed by atoms with Gasteiger partial charge in [-0.05, 0) is 40.1 Å². The van der Waals surface area contributed by atoms with Gasteiger partial charge in [-0.2, -0.15) is 0 Å². The third-order valence-corrected chi connectivity index (χ3v) is 4.17. The van der Waals surface area contributed by atoms with Crippen LogP contribution in [0.25, 0.3) is 10.8 Å². The molecule has 0 aliphatic carbocycles. The third kappa shape index (κ3) is 3.30. The molecule has 1 aromatic heterocycles. The smallest absolute Gasteiger partial charge is 0.157 e. The molecule has 0 unspecified atom stereocenters. The van der Waals surface area contributed by atoms with Crippen molar-refractivity contribution in [2.75, 3.05) is 0 Å². The van der Waals surface area contributed by atoms with Gasteiger partial charge in [0.05, 0.1) is 12.2 Å². The first kappa shape index (κ1) is 15.2. The molecule has 0 saturated carbocycles. The maximum Gasteiger partial charge on any atom is 0.157 e. The Morgan fingerprint density at radius 3 is 2.44 bits per heavy atom. The molecule has 1 heterocycles. The number of aromatic nitrogens is 3. The minimum Gasteiger partial charge on any atom is -0.504 e. The number of phenols is 2. The van der Waals surface area contributed by atoms with Crippen molar-refractivity contribution in [3.05, 3.63) is 83.7 Å². The molecule has 0 aliphatic heterocycles. The number of fused-ring (bicyclic) bond motifs is 1. The van der Waals surface area contributed by atoms with E-state index >= 15 is 0 Å². The average Bonchev–Trinajstić information content (AvgIpc) is 3.05. The SMILES string of the molecule is Oc1ccc(Cc2cn(Cc3ccc4ccccc4c3)nn2)cc1O. The average molecular weight is 331 g/mol. The lowest BCUT2D eigenvalue weighted by molar-refractivity contribution is 0.403. The summed E-state index contributed by atoms with van der Waals surface area (Å²) in [7, 11) is 0. The number of aromatic hydroxyl groups is 2. The normalized spacial score (nSPS) is 11.0. The van der Waals surface area contributed by atoms with Crippen LogP contribution in [0.2, 0.25) is 0 Å². The van der Waals surface area contributed by atoms with Crippen molar-refractivity contribution >= 4 is 10.8 Å². The summed E-state index contributed by atoms with van der Waals surface area (Å²) in [6.45, 7) is 0.651. The van der Waals surface area contributed by atoms with E-state index in [0.717, 1.165) is 16.8 Å². The zero-order valence-electron chi connectivity index (χ0n) is 13.5. The zero-order valence-corrected chi connectivity index (χ0v) is 13.5. The largest absolute Gasteiger partial charge is 0.504 e. The van der Waals surface area contributed by atoms with Gasteiger partial charge in [0.25, 0.3) is 0 Å². The second-order valence-electron chi connectivity index (χ2n) is 6.09. The molecule has 0 fully saturated rings. The van der Waals surface area contributed by atoms with Crippen LogP contribution in [0.5, 0.6) is 11.5 Å². The highest BCUT2D eigenvalue weighted by molar-refractivity contribution is 5.82. The van der Waals surface area contributed by atoms with Crippen LogP contribution >= 0.6 is 0 Å². The molecule has 0 spiro atoms. The molecule has 3 aromatic carbocycles. The number of phenolic OH excluding ortho intramolecular Hbond substituents is 2. The predicted octanol–water partition coefficient (Wildman–Crippen LogP) is 3.48. The lowest BCUT2D eigenvalue weighted by Gasteiger charge is -2.03. The van der Waals surface area contributed by atoms with Crippen LogP contribution < -0.4 is 0 Å². The maximum absolute atomic E-state index is 9.57.